The van der Waals surface area contributed by atoms with E-state index < -0.39 is 0 Å². The third kappa shape index (κ3) is 3.45. The predicted molar refractivity (Wildman–Crippen MR) is 71.0 cm³/mol. The van der Waals surface area contributed by atoms with Gasteiger partial charge < -0.3 is 14.2 Å². The molecule has 3 fully saturated rings. The maximum atomic E-state index is 5.50. The molecule has 0 spiro atoms. The molecule has 3 saturated heterocycles. The van der Waals surface area contributed by atoms with Gasteiger partial charge in [0.25, 0.3) is 0 Å². The maximum Gasteiger partial charge on any atom is 0.120 e. The Morgan fingerprint density at radius 2 is 0.737 bits per heavy atom. The van der Waals surface area contributed by atoms with Crippen LogP contribution in [0.4, 0.5) is 0 Å². The number of hydrogen-bond donors (Lipinski definition) is 0. The fourth-order valence-electron chi connectivity index (χ4n) is 3.12. The first-order valence-corrected chi connectivity index (χ1v) is 7.40. The largest absolute Gasteiger partial charge is 0.379 e. The lowest BCUT2D eigenvalue weighted by Crippen LogP contribution is -2.64. The van der Waals surface area contributed by atoms with Crippen LogP contribution < -0.4 is 0 Å². The van der Waals surface area contributed by atoms with E-state index in [1.54, 1.807) is 0 Å². The van der Waals surface area contributed by atoms with E-state index in [0.29, 0.717) is 6.29 Å². The molecule has 0 aromatic carbocycles. The minimum atomic E-state index is 0.400. The normalized spacial score (nSPS) is 28.9. The van der Waals surface area contributed by atoms with Gasteiger partial charge in [0.15, 0.2) is 0 Å². The first-order valence-electron chi connectivity index (χ1n) is 7.40. The van der Waals surface area contributed by atoms with Gasteiger partial charge in [-0.25, -0.2) is 0 Å². The van der Waals surface area contributed by atoms with Crippen molar-refractivity contribution in [2.24, 2.45) is 0 Å². The van der Waals surface area contributed by atoms with Crippen LogP contribution in [0.15, 0.2) is 0 Å². The maximum absolute atomic E-state index is 5.50. The third-order valence-electron chi connectivity index (χ3n) is 4.12. The summed E-state index contributed by atoms with van der Waals surface area (Å²) in [7, 11) is 0. The molecule has 3 heterocycles. The Hall–Kier alpha value is -0.240. The van der Waals surface area contributed by atoms with E-state index in [1.807, 2.05) is 0 Å². The third-order valence-corrected chi connectivity index (χ3v) is 4.12. The molecular formula is C13H25N3O3. The van der Waals surface area contributed by atoms with Gasteiger partial charge in [0.05, 0.1) is 39.6 Å². The summed E-state index contributed by atoms with van der Waals surface area (Å²) in [5.41, 5.74) is 0. The van der Waals surface area contributed by atoms with E-state index in [0.717, 1.165) is 78.9 Å². The highest BCUT2D eigenvalue weighted by atomic mass is 16.5. The molecule has 3 aliphatic heterocycles. The molecular weight excluding hydrogens is 246 g/mol. The van der Waals surface area contributed by atoms with Crippen LogP contribution in [0, 0.1) is 0 Å². The lowest BCUT2D eigenvalue weighted by atomic mass is 10.3. The number of nitrogens with zero attached hydrogens (tertiary/aromatic N) is 3. The van der Waals surface area contributed by atoms with E-state index >= 15 is 0 Å². The summed E-state index contributed by atoms with van der Waals surface area (Å²) in [4.78, 5) is 7.67. The van der Waals surface area contributed by atoms with Crippen LogP contribution in [-0.2, 0) is 14.2 Å². The monoisotopic (exact) mass is 271 g/mol. The van der Waals surface area contributed by atoms with E-state index in [2.05, 4.69) is 14.7 Å². The molecule has 0 atom stereocenters. The second-order valence-electron chi connectivity index (χ2n) is 5.29. The fourth-order valence-corrected chi connectivity index (χ4v) is 3.12. The average molecular weight is 271 g/mol. The second-order valence-corrected chi connectivity index (χ2v) is 5.29. The van der Waals surface area contributed by atoms with Gasteiger partial charge in [0.2, 0.25) is 0 Å². The van der Waals surface area contributed by atoms with E-state index in [1.165, 1.54) is 0 Å². The van der Waals surface area contributed by atoms with Crippen molar-refractivity contribution in [1.82, 2.24) is 14.7 Å². The van der Waals surface area contributed by atoms with Gasteiger partial charge >= 0.3 is 0 Å². The Labute approximate surface area is 115 Å². The summed E-state index contributed by atoms with van der Waals surface area (Å²) >= 11 is 0. The van der Waals surface area contributed by atoms with Gasteiger partial charge in [-0.15, -0.1) is 0 Å². The highest BCUT2D eigenvalue weighted by Crippen LogP contribution is 2.17. The number of rotatable bonds is 3. The van der Waals surface area contributed by atoms with Crippen LogP contribution in [-0.4, -0.2) is 99.9 Å². The van der Waals surface area contributed by atoms with Crippen molar-refractivity contribution in [3.8, 4) is 0 Å². The number of ether oxygens (including phenoxy) is 3. The standard InChI is InChI=1S/C13H25N3O3/c1-7-17-8-2-14(1)13(15-3-9-18-10-4-15)16-5-11-19-12-6-16/h13H,1-12H2. The summed E-state index contributed by atoms with van der Waals surface area (Å²) in [6.45, 7) is 11.3. The SMILES string of the molecule is C1CN(C(N2CCOCC2)N2CCOCC2)CCO1. The highest BCUT2D eigenvalue weighted by molar-refractivity contribution is 4.79. The second kappa shape index (κ2) is 6.97. The van der Waals surface area contributed by atoms with E-state index in [4.69, 9.17) is 14.2 Å². The summed E-state index contributed by atoms with van der Waals surface area (Å²) < 4.78 is 16.5. The summed E-state index contributed by atoms with van der Waals surface area (Å²) in [5, 5.41) is 0. The minimum Gasteiger partial charge on any atom is -0.379 e. The van der Waals surface area contributed by atoms with Crippen LogP contribution in [0.3, 0.4) is 0 Å². The predicted octanol–water partition coefficient (Wildman–Crippen LogP) is -0.733. The Balaban J connectivity index is 1.68. The molecule has 3 rings (SSSR count). The Kier molecular flexibility index (Phi) is 5.03. The zero-order chi connectivity index (χ0) is 12.9. The lowest BCUT2D eigenvalue weighted by Gasteiger charge is -2.48. The van der Waals surface area contributed by atoms with Gasteiger partial charge in [-0.2, -0.15) is 0 Å². The van der Waals surface area contributed by atoms with Crippen molar-refractivity contribution in [2.75, 3.05) is 78.9 Å². The van der Waals surface area contributed by atoms with Crippen molar-refractivity contribution in [3.63, 3.8) is 0 Å². The summed E-state index contributed by atoms with van der Waals surface area (Å²) in [5.74, 6) is 0. The van der Waals surface area contributed by atoms with Crippen molar-refractivity contribution in [3.05, 3.63) is 0 Å². The molecule has 0 N–H and O–H groups in total. The highest BCUT2D eigenvalue weighted by Gasteiger charge is 2.33. The molecule has 0 saturated carbocycles. The minimum absolute atomic E-state index is 0.400. The van der Waals surface area contributed by atoms with Crippen molar-refractivity contribution in [1.29, 1.82) is 0 Å². The van der Waals surface area contributed by atoms with Crippen LogP contribution in [0.2, 0.25) is 0 Å². The van der Waals surface area contributed by atoms with Gasteiger partial charge in [-0.3, -0.25) is 14.7 Å². The van der Waals surface area contributed by atoms with Gasteiger partial charge in [0.1, 0.15) is 6.29 Å². The smallest absolute Gasteiger partial charge is 0.120 e. The first kappa shape index (κ1) is 13.7. The molecule has 0 bridgehead atoms. The van der Waals surface area contributed by atoms with Crippen LogP contribution in [0.5, 0.6) is 0 Å². The lowest BCUT2D eigenvalue weighted by molar-refractivity contribution is -0.146. The van der Waals surface area contributed by atoms with Gasteiger partial charge in [0, 0.05) is 39.3 Å². The summed E-state index contributed by atoms with van der Waals surface area (Å²) in [6.07, 6.45) is 0.400. The van der Waals surface area contributed by atoms with Crippen LogP contribution >= 0.6 is 0 Å². The van der Waals surface area contributed by atoms with E-state index in [9.17, 15) is 0 Å². The van der Waals surface area contributed by atoms with Crippen LogP contribution in [0.25, 0.3) is 0 Å². The Morgan fingerprint density at radius 1 is 0.474 bits per heavy atom. The molecule has 6 heteroatoms. The molecule has 0 aromatic rings. The topological polar surface area (TPSA) is 37.4 Å². The molecule has 3 aliphatic rings. The average Bonchev–Trinajstić information content (AvgIpc) is 2.51. The molecule has 0 aromatic heterocycles. The number of hydrogen-bond acceptors (Lipinski definition) is 6. The Morgan fingerprint density at radius 3 is 1.00 bits per heavy atom. The molecule has 19 heavy (non-hydrogen) atoms. The first-order chi connectivity index (χ1) is 9.45. The Bertz CT molecular complexity index is 219. The van der Waals surface area contributed by atoms with Crippen molar-refractivity contribution < 1.29 is 14.2 Å². The molecule has 0 aliphatic carbocycles. The molecule has 6 nitrogen and oxygen atoms in total. The molecule has 0 amide bonds. The van der Waals surface area contributed by atoms with Gasteiger partial charge in [-0.1, -0.05) is 0 Å². The molecule has 0 radical (unpaired) electrons. The zero-order valence-corrected chi connectivity index (χ0v) is 11.6. The van der Waals surface area contributed by atoms with Crippen LogP contribution in [0.1, 0.15) is 0 Å². The fraction of sp³-hybridized carbons (Fsp3) is 1.00. The molecule has 110 valence electrons. The zero-order valence-electron chi connectivity index (χ0n) is 11.6. The summed E-state index contributed by atoms with van der Waals surface area (Å²) in [6, 6.07) is 0. The van der Waals surface area contributed by atoms with Crippen molar-refractivity contribution in [2.45, 2.75) is 6.29 Å². The van der Waals surface area contributed by atoms with Crippen molar-refractivity contribution >= 4 is 0 Å². The van der Waals surface area contributed by atoms with E-state index in [-0.39, 0.29) is 0 Å². The quantitative estimate of drug-likeness (QED) is 0.673. The van der Waals surface area contributed by atoms with Gasteiger partial charge in [-0.05, 0) is 0 Å². The molecule has 0 unspecified atom stereocenters. The number of morpholine rings is 3.